The third kappa shape index (κ3) is 5.32. The molecule has 1 fully saturated rings. The predicted octanol–water partition coefficient (Wildman–Crippen LogP) is 4.52. The van der Waals surface area contributed by atoms with Crippen LogP contribution < -0.4 is 0 Å². The van der Waals surface area contributed by atoms with Gasteiger partial charge >= 0.3 is 6.09 Å². The third-order valence-electron chi connectivity index (χ3n) is 4.31. The smallest absolute Gasteiger partial charge is 0.410 e. The maximum atomic E-state index is 13.8. The Labute approximate surface area is 164 Å². The second-order valence-corrected chi connectivity index (χ2v) is 8.83. The first-order valence-corrected chi connectivity index (χ1v) is 9.95. The monoisotopic (exact) mass is 391 g/mol. The van der Waals surface area contributed by atoms with E-state index in [1.54, 1.807) is 23.0 Å². The zero-order valence-corrected chi connectivity index (χ0v) is 16.8. The molecule has 5 nitrogen and oxygen atoms in total. The molecule has 2 aromatic rings. The standard InChI is InChI=1S/C20H26FN3O2S/c1-20(2,3)26-19(25)23-9-4-10-24(17(12-21)14-23)27-18-6-5-16-13-22-8-7-15(16)11-18/h5-8,11,13,17H,4,9-10,12,14H2,1-3H3/t17-/m1/s1. The van der Waals surface area contributed by atoms with Gasteiger partial charge in [0, 0.05) is 42.3 Å². The Bertz CT molecular complexity index is 796. The van der Waals surface area contributed by atoms with E-state index < -0.39 is 12.3 Å². The molecule has 146 valence electrons. The van der Waals surface area contributed by atoms with Gasteiger partial charge in [0.15, 0.2) is 0 Å². The van der Waals surface area contributed by atoms with E-state index in [0.29, 0.717) is 19.6 Å². The number of amides is 1. The van der Waals surface area contributed by atoms with Crippen LogP contribution in [0.25, 0.3) is 10.8 Å². The summed E-state index contributed by atoms with van der Waals surface area (Å²) in [4.78, 5) is 19.2. The van der Waals surface area contributed by atoms with E-state index in [1.165, 1.54) is 0 Å². The number of hydrogen-bond acceptors (Lipinski definition) is 5. The van der Waals surface area contributed by atoms with E-state index in [1.807, 2.05) is 49.5 Å². The van der Waals surface area contributed by atoms with Crippen LogP contribution in [0.3, 0.4) is 0 Å². The average molecular weight is 392 g/mol. The molecule has 0 radical (unpaired) electrons. The second-order valence-electron chi connectivity index (χ2n) is 7.70. The summed E-state index contributed by atoms with van der Waals surface area (Å²) < 4.78 is 21.3. The SMILES string of the molecule is CC(C)(C)OC(=O)N1CCCN(Sc2ccc3cnccc3c2)[C@H](CF)C1. The number of benzene rings is 1. The Balaban J connectivity index is 1.70. The number of alkyl halides is 1. The summed E-state index contributed by atoms with van der Waals surface area (Å²) in [6.45, 7) is 6.63. The van der Waals surface area contributed by atoms with Gasteiger partial charge in [-0.2, -0.15) is 0 Å². The minimum atomic E-state index is -0.553. The quantitative estimate of drug-likeness (QED) is 0.720. The number of aromatic nitrogens is 1. The van der Waals surface area contributed by atoms with Crippen LogP contribution in [0.2, 0.25) is 0 Å². The van der Waals surface area contributed by atoms with Crippen molar-refractivity contribution in [3.05, 3.63) is 36.7 Å². The topological polar surface area (TPSA) is 45.7 Å². The van der Waals surface area contributed by atoms with E-state index in [2.05, 4.69) is 11.1 Å². The summed E-state index contributed by atoms with van der Waals surface area (Å²) in [5, 5.41) is 2.19. The van der Waals surface area contributed by atoms with Crippen molar-refractivity contribution in [3.8, 4) is 0 Å². The molecular formula is C20H26FN3O2S. The summed E-state index contributed by atoms with van der Waals surface area (Å²) in [6.07, 6.45) is 4.01. The normalized spacial score (nSPS) is 19.1. The van der Waals surface area contributed by atoms with Gasteiger partial charge < -0.3 is 9.64 Å². The summed E-state index contributed by atoms with van der Waals surface area (Å²) in [7, 11) is 0. The van der Waals surface area contributed by atoms with Crippen LogP contribution in [0, 0.1) is 0 Å². The van der Waals surface area contributed by atoms with Crippen molar-refractivity contribution in [2.24, 2.45) is 0 Å². The van der Waals surface area contributed by atoms with Gasteiger partial charge in [-0.15, -0.1) is 0 Å². The Morgan fingerprint density at radius 2 is 2.11 bits per heavy atom. The molecule has 1 aromatic carbocycles. The number of hydrogen-bond donors (Lipinski definition) is 0. The first kappa shape index (κ1) is 19.9. The molecule has 1 atom stereocenters. The van der Waals surface area contributed by atoms with Crippen LogP contribution in [0.15, 0.2) is 41.6 Å². The molecule has 0 saturated carbocycles. The van der Waals surface area contributed by atoms with E-state index in [0.717, 1.165) is 22.1 Å². The molecular weight excluding hydrogens is 365 g/mol. The zero-order valence-electron chi connectivity index (χ0n) is 16.0. The number of carbonyl (C=O) groups is 1. The summed E-state index contributed by atoms with van der Waals surface area (Å²) >= 11 is 1.55. The highest BCUT2D eigenvalue weighted by molar-refractivity contribution is 7.97. The lowest BCUT2D eigenvalue weighted by Crippen LogP contribution is -2.43. The van der Waals surface area contributed by atoms with Gasteiger partial charge in [0.05, 0.1) is 6.04 Å². The molecule has 1 saturated heterocycles. The molecule has 3 rings (SSSR count). The van der Waals surface area contributed by atoms with E-state index in [9.17, 15) is 9.18 Å². The Kier molecular flexibility index (Phi) is 6.22. The number of nitrogens with zero attached hydrogens (tertiary/aromatic N) is 3. The van der Waals surface area contributed by atoms with Crippen molar-refractivity contribution in [1.29, 1.82) is 0 Å². The first-order chi connectivity index (χ1) is 12.9. The predicted molar refractivity (Wildman–Crippen MR) is 106 cm³/mol. The van der Waals surface area contributed by atoms with E-state index in [4.69, 9.17) is 4.74 Å². The fraction of sp³-hybridized carbons (Fsp3) is 0.500. The maximum absolute atomic E-state index is 13.8. The summed E-state index contributed by atoms with van der Waals surface area (Å²) in [5.41, 5.74) is -0.553. The van der Waals surface area contributed by atoms with Gasteiger partial charge in [0.25, 0.3) is 0 Å². The van der Waals surface area contributed by atoms with Crippen LogP contribution in [-0.2, 0) is 4.74 Å². The van der Waals surface area contributed by atoms with Gasteiger partial charge in [-0.25, -0.2) is 13.5 Å². The van der Waals surface area contributed by atoms with Crippen LogP contribution >= 0.6 is 11.9 Å². The number of fused-ring (bicyclic) bond motifs is 1. The Hall–Kier alpha value is -1.86. The molecule has 0 spiro atoms. The van der Waals surface area contributed by atoms with Crippen LogP contribution in [-0.4, -0.2) is 58.2 Å². The Morgan fingerprint density at radius 3 is 2.85 bits per heavy atom. The lowest BCUT2D eigenvalue weighted by atomic mass is 10.2. The first-order valence-electron chi connectivity index (χ1n) is 9.18. The lowest BCUT2D eigenvalue weighted by Gasteiger charge is -2.30. The molecule has 0 aliphatic carbocycles. The van der Waals surface area contributed by atoms with Crippen molar-refractivity contribution in [1.82, 2.24) is 14.2 Å². The van der Waals surface area contributed by atoms with Gasteiger partial charge in [0.2, 0.25) is 0 Å². The summed E-state index contributed by atoms with van der Waals surface area (Å²) in [5.74, 6) is 0. The second kappa shape index (κ2) is 8.44. The van der Waals surface area contributed by atoms with Crippen molar-refractivity contribution < 1.29 is 13.9 Å². The fourth-order valence-corrected chi connectivity index (χ4v) is 4.10. The highest BCUT2D eigenvalue weighted by atomic mass is 32.2. The minimum absolute atomic E-state index is 0.329. The molecule has 27 heavy (non-hydrogen) atoms. The highest BCUT2D eigenvalue weighted by Crippen LogP contribution is 2.30. The van der Waals surface area contributed by atoms with Crippen LogP contribution in [0.1, 0.15) is 27.2 Å². The van der Waals surface area contributed by atoms with Crippen LogP contribution in [0.4, 0.5) is 9.18 Å². The average Bonchev–Trinajstić information content (AvgIpc) is 2.82. The van der Waals surface area contributed by atoms with E-state index in [-0.39, 0.29) is 12.1 Å². The Morgan fingerprint density at radius 1 is 1.30 bits per heavy atom. The van der Waals surface area contributed by atoms with Gasteiger partial charge in [-0.05, 0) is 62.7 Å². The van der Waals surface area contributed by atoms with Crippen molar-refractivity contribution in [3.63, 3.8) is 0 Å². The molecule has 1 aromatic heterocycles. The molecule has 7 heteroatoms. The highest BCUT2D eigenvalue weighted by Gasteiger charge is 2.30. The van der Waals surface area contributed by atoms with Crippen molar-refractivity contribution >= 4 is 28.8 Å². The molecule has 1 aliphatic rings. The molecule has 0 bridgehead atoms. The molecule has 1 amide bonds. The molecule has 1 aliphatic heterocycles. The lowest BCUT2D eigenvalue weighted by molar-refractivity contribution is 0.0237. The number of halogens is 1. The largest absolute Gasteiger partial charge is 0.444 e. The minimum Gasteiger partial charge on any atom is -0.444 e. The van der Waals surface area contributed by atoms with Crippen molar-refractivity contribution in [2.45, 2.75) is 43.7 Å². The number of ether oxygens (including phenoxy) is 1. The zero-order chi connectivity index (χ0) is 19.4. The van der Waals surface area contributed by atoms with Crippen molar-refractivity contribution in [2.75, 3.05) is 26.3 Å². The van der Waals surface area contributed by atoms with E-state index >= 15 is 0 Å². The maximum Gasteiger partial charge on any atom is 0.410 e. The van der Waals surface area contributed by atoms with Gasteiger partial charge in [-0.1, -0.05) is 6.07 Å². The number of carbonyl (C=O) groups excluding carboxylic acids is 1. The number of pyridine rings is 1. The number of rotatable bonds is 3. The molecule has 0 unspecified atom stereocenters. The fourth-order valence-electron chi connectivity index (χ4n) is 3.03. The summed E-state index contributed by atoms with van der Waals surface area (Å²) in [6, 6.07) is 7.75. The molecule has 0 N–H and O–H groups in total. The molecule has 2 heterocycles. The van der Waals surface area contributed by atoms with Gasteiger partial charge in [0.1, 0.15) is 12.3 Å². The van der Waals surface area contributed by atoms with Gasteiger partial charge in [-0.3, -0.25) is 4.98 Å². The van der Waals surface area contributed by atoms with Crippen LogP contribution in [0.5, 0.6) is 0 Å². The third-order valence-corrected chi connectivity index (χ3v) is 5.49.